The Balaban J connectivity index is 1.33. The highest BCUT2D eigenvalue weighted by Crippen LogP contribution is 2.50. The van der Waals surface area contributed by atoms with Crippen molar-refractivity contribution in [3.05, 3.63) is 81.8 Å². The first-order valence-corrected chi connectivity index (χ1v) is 12.2. The molecule has 5 rings (SSSR count). The van der Waals surface area contributed by atoms with Crippen LogP contribution in [0.5, 0.6) is 11.5 Å². The molecule has 35 heavy (non-hydrogen) atoms. The third-order valence-electron chi connectivity index (χ3n) is 5.85. The number of Topliss-reactive ketones (excluding diaryl/α,β-unsaturated/α-hetero) is 1. The Morgan fingerprint density at radius 1 is 1.14 bits per heavy atom. The van der Waals surface area contributed by atoms with E-state index in [1.807, 2.05) is 24.3 Å². The van der Waals surface area contributed by atoms with Crippen LogP contribution in [0.15, 0.2) is 60.7 Å². The number of hydrogen-bond acceptors (Lipinski definition) is 6. The number of aromatic nitrogens is 1. The number of halogens is 1. The van der Waals surface area contributed by atoms with Crippen molar-refractivity contribution in [2.24, 2.45) is 0 Å². The number of carbonyl (C=O) groups is 2. The van der Waals surface area contributed by atoms with Gasteiger partial charge in [-0.3, -0.25) is 9.59 Å². The summed E-state index contributed by atoms with van der Waals surface area (Å²) in [4.78, 5) is 28.8. The van der Waals surface area contributed by atoms with Gasteiger partial charge in [0.25, 0.3) is 5.91 Å². The molecule has 6 nitrogen and oxygen atoms in total. The normalized spacial score (nSPS) is 13.7. The average molecular weight is 502 g/mol. The number of nitriles is 1. The minimum absolute atomic E-state index is 0.0736. The van der Waals surface area contributed by atoms with Crippen molar-refractivity contribution >= 4 is 50.5 Å². The van der Waals surface area contributed by atoms with Gasteiger partial charge in [0, 0.05) is 17.8 Å². The zero-order chi connectivity index (χ0) is 24.6. The maximum atomic E-state index is 13.0. The van der Waals surface area contributed by atoms with E-state index < -0.39 is 5.41 Å². The highest BCUT2D eigenvalue weighted by molar-refractivity contribution is 7.18. The fraction of sp³-hybridized carbons (Fsp3) is 0.185. The summed E-state index contributed by atoms with van der Waals surface area (Å²) in [5.74, 6) is 0.897. The van der Waals surface area contributed by atoms with E-state index >= 15 is 0 Å². The van der Waals surface area contributed by atoms with Crippen LogP contribution in [-0.4, -0.2) is 16.7 Å². The van der Waals surface area contributed by atoms with E-state index in [4.69, 9.17) is 16.3 Å². The molecule has 3 aromatic carbocycles. The Labute approximate surface area is 211 Å². The monoisotopic (exact) mass is 501 g/mol. The summed E-state index contributed by atoms with van der Waals surface area (Å²) in [6.07, 6.45) is 1.82. The molecule has 0 spiro atoms. The highest BCUT2D eigenvalue weighted by Gasteiger charge is 2.46. The lowest BCUT2D eigenvalue weighted by Crippen LogP contribution is -2.14. The molecule has 0 aliphatic heterocycles. The average Bonchev–Trinajstić information content (AvgIpc) is 3.52. The number of ketones is 1. The van der Waals surface area contributed by atoms with Gasteiger partial charge in [0.2, 0.25) is 0 Å². The second kappa shape index (κ2) is 9.14. The van der Waals surface area contributed by atoms with E-state index in [0.29, 0.717) is 39.8 Å². The summed E-state index contributed by atoms with van der Waals surface area (Å²) in [5.41, 5.74) is 1.83. The number of ether oxygens (including phenoxy) is 1. The summed E-state index contributed by atoms with van der Waals surface area (Å²) in [5, 5.41) is 13.5. The quantitative estimate of drug-likeness (QED) is 0.305. The summed E-state index contributed by atoms with van der Waals surface area (Å²) >= 11 is 8.00. The van der Waals surface area contributed by atoms with Crippen LogP contribution in [0.4, 0.5) is 5.69 Å². The van der Waals surface area contributed by atoms with Crippen LogP contribution in [0.2, 0.25) is 5.02 Å². The van der Waals surface area contributed by atoms with Gasteiger partial charge in [0.1, 0.15) is 22.3 Å². The Hall–Kier alpha value is -3.73. The molecule has 8 heteroatoms. The number of fused-ring (bicyclic) bond motifs is 1. The number of amides is 1. The number of hydrogen-bond donors (Lipinski definition) is 1. The van der Waals surface area contributed by atoms with Gasteiger partial charge in [-0.15, -0.1) is 11.3 Å². The van der Waals surface area contributed by atoms with E-state index in [2.05, 4.69) is 16.4 Å². The molecule has 1 heterocycles. The van der Waals surface area contributed by atoms with Crippen molar-refractivity contribution in [3.63, 3.8) is 0 Å². The lowest BCUT2D eigenvalue weighted by molar-refractivity contribution is -0.116. The van der Waals surface area contributed by atoms with Crippen LogP contribution in [0.3, 0.4) is 0 Å². The molecular formula is C27H20ClN3O3S. The molecule has 1 amide bonds. The van der Waals surface area contributed by atoms with Crippen LogP contribution < -0.4 is 10.1 Å². The van der Waals surface area contributed by atoms with Crippen molar-refractivity contribution < 1.29 is 14.3 Å². The standard InChI is InChI=1S/C27H20ClN3O3S/c1-16(32)12-24-31-22-9-8-19(14-23(22)35-24)34-18-5-2-4-17(13-18)30-26(33)20-6-3-7-21(25(20)28)27(15-29)10-11-27/h2-9,13-14H,10-12H2,1H3,(H,30,33). The number of anilines is 1. The largest absolute Gasteiger partial charge is 0.457 e. The van der Waals surface area contributed by atoms with Gasteiger partial charge in [-0.2, -0.15) is 5.26 Å². The zero-order valence-corrected chi connectivity index (χ0v) is 20.4. The molecule has 1 saturated carbocycles. The molecular weight excluding hydrogens is 482 g/mol. The molecule has 0 atom stereocenters. The first-order chi connectivity index (χ1) is 16.9. The molecule has 1 fully saturated rings. The van der Waals surface area contributed by atoms with E-state index in [9.17, 15) is 14.9 Å². The predicted octanol–water partition coefficient (Wildman–Crippen LogP) is 6.68. The topological polar surface area (TPSA) is 92.1 Å². The Bertz CT molecular complexity index is 1520. The van der Waals surface area contributed by atoms with Gasteiger partial charge in [0.05, 0.1) is 38.7 Å². The minimum Gasteiger partial charge on any atom is -0.457 e. The number of rotatable bonds is 7. The van der Waals surface area contributed by atoms with Crippen molar-refractivity contribution in [1.82, 2.24) is 4.98 Å². The van der Waals surface area contributed by atoms with E-state index in [0.717, 1.165) is 28.1 Å². The van der Waals surface area contributed by atoms with Gasteiger partial charge in [-0.05, 0) is 55.7 Å². The zero-order valence-electron chi connectivity index (χ0n) is 18.8. The smallest absolute Gasteiger partial charge is 0.257 e. The fourth-order valence-electron chi connectivity index (χ4n) is 3.92. The van der Waals surface area contributed by atoms with E-state index in [-0.39, 0.29) is 11.7 Å². The third-order valence-corrected chi connectivity index (χ3v) is 7.28. The molecule has 1 N–H and O–H groups in total. The lowest BCUT2D eigenvalue weighted by atomic mass is 9.95. The molecule has 1 aliphatic rings. The number of nitrogens with zero attached hydrogens (tertiary/aromatic N) is 2. The number of carbonyl (C=O) groups excluding carboxylic acids is 2. The van der Waals surface area contributed by atoms with Gasteiger partial charge in [-0.25, -0.2) is 4.98 Å². The number of nitrogens with one attached hydrogen (secondary N) is 1. The molecule has 0 radical (unpaired) electrons. The predicted molar refractivity (Wildman–Crippen MR) is 136 cm³/mol. The summed E-state index contributed by atoms with van der Waals surface area (Å²) in [6.45, 7) is 1.55. The lowest BCUT2D eigenvalue weighted by Gasteiger charge is -2.13. The van der Waals surface area contributed by atoms with Crippen LogP contribution in [0, 0.1) is 11.3 Å². The van der Waals surface area contributed by atoms with Gasteiger partial charge in [0.15, 0.2) is 0 Å². The van der Waals surface area contributed by atoms with Gasteiger partial charge < -0.3 is 10.1 Å². The van der Waals surface area contributed by atoms with Crippen LogP contribution in [0.1, 0.15) is 40.7 Å². The molecule has 174 valence electrons. The molecule has 0 saturated heterocycles. The maximum Gasteiger partial charge on any atom is 0.257 e. The van der Waals surface area contributed by atoms with Gasteiger partial charge >= 0.3 is 0 Å². The first-order valence-electron chi connectivity index (χ1n) is 11.1. The summed E-state index contributed by atoms with van der Waals surface area (Å²) in [6, 6.07) is 20.2. The molecule has 1 aromatic heterocycles. The SMILES string of the molecule is CC(=O)Cc1nc2ccc(Oc3cccc(NC(=O)c4cccc(C5(C#N)CC5)c4Cl)c3)cc2s1. The second-order valence-electron chi connectivity index (χ2n) is 8.56. The second-order valence-corrected chi connectivity index (χ2v) is 10.1. The molecule has 0 unspecified atom stereocenters. The van der Waals surface area contributed by atoms with Crippen LogP contribution in [0.25, 0.3) is 10.2 Å². The van der Waals surface area contributed by atoms with E-state index in [1.54, 1.807) is 43.3 Å². The Kier molecular flexibility index (Phi) is 6.01. The van der Waals surface area contributed by atoms with Crippen LogP contribution >= 0.6 is 22.9 Å². The Morgan fingerprint density at radius 3 is 2.66 bits per heavy atom. The summed E-state index contributed by atoms with van der Waals surface area (Å²) < 4.78 is 6.95. The van der Waals surface area contributed by atoms with Crippen molar-refractivity contribution in [3.8, 4) is 17.6 Å². The van der Waals surface area contributed by atoms with Gasteiger partial charge in [-0.1, -0.05) is 29.8 Å². The fourth-order valence-corrected chi connectivity index (χ4v) is 5.38. The van der Waals surface area contributed by atoms with Crippen LogP contribution in [-0.2, 0) is 16.6 Å². The van der Waals surface area contributed by atoms with Crippen molar-refractivity contribution in [2.45, 2.75) is 31.6 Å². The van der Waals surface area contributed by atoms with Crippen molar-refractivity contribution in [2.75, 3.05) is 5.32 Å². The molecule has 4 aromatic rings. The Morgan fingerprint density at radius 2 is 1.91 bits per heavy atom. The molecule has 0 bridgehead atoms. The highest BCUT2D eigenvalue weighted by atomic mass is 35.5. The summed E-state index contributed by atoms with van der Waals surface area (Å²) in [7, 11) is 0. The first kappa shape index (κ1) is 23.0. The number of thiazole rings is 1. The molecule has 1 aliphatic carbocycles. The van der Waals surface area contributed by atoms with Crippen molar-refractivity contribution in [1.29, 1.82) is 5.26 Å². The third kappa shape index (κ3) is 4.76. The maximum absolute atomic E-state index is 13.0. The number of benzene rings is 3. The minimum atomic E-state index is -0.576. The van der Waals surface area contributed by atoms with E-state index in [1.165, 1.54) is 11.3 Å².